The highest BCUT2D eigenvalue weighted by Crippen LogP contribution is 2.31. The number of esters is 1. The van der Waals surface area contributed by atoms with Crippen LogP contribution >= 0.6 is 27.3 Å². The molecule has 6 heteroatoms. The second-order valence-corrected chi connectivity index (χ2v) is 5.70. The number of halogens is 2. The largest absolute Gasteiger partial charge is 0.464 e. The molecule has 0 spiro atoms. The van der Waals surface area contributed by atoms with E-state index in [-0.39, 0.29) is 5.82 Å². The molecule has 0 N–H and O–H groups in total. The number of methoxy groups -OCH3 is 1. The monoisotopic (exact) mass is 343 g/mol. The Bertz CT molecular complexity index is 627. The number of ether oxygens (including phenoxy) is 1. The summed E-state index contributed by atoms with van der Waals surface area (Å²) in [5.41, 5.74) is 1.11. The normalized spacial score (nSPS) is 10.5. The summed E-state index contributed by atoms with van der Waals surface area (Å²) in [6.45, 7) is 1.95. The zero-order chi connectivity index (χ0) is 14.0. The molecule has 0 fully saturated rings. The lowest BCUT2D eigenvalue weighted by molar-refractivity contribution is 0.0594. The fourth-order valence-electron chi connectivity index (χ4n) is 1.60. The van der Waals surface area contributed by atoms with Crippen LogP contribution in [0.2, 0.25) is 0 Å². The molecule has 1 heterocycles. The van der Waals surface area contributed by atoms with Crippen LogP contribution in [0, 0.1) is 5.82 Å². The minimum Gasteiger partial charge on any atom is -0.464 e. The average molecular weight is 344 g/mol. The van der Waals surface area contributed by atoms with Crippen molar-refractivity contribution in [1.82, 2.24) is 4.98 Å². The molecule has 3 nitrogen and oxygen atoms in total. The van der Waals surface area contributed by atoms with E-state index in [1.54, 1.807) is 12.1 Å². The first-order valence-corrected chi connectivity index (χ1v) is 7.21. The van der Waals surface area contributed by atoms with Crippen molar-refractivity contribution in [1.29, 1.82) is 0 Å². The van der Waals surface area contributed by atoms with Crippen LogP contribution in [0.25, 0.3) is 10.6 Å². The fraction of sp³-hybridized carbons (Fsp3) is 0.231. The number of rotatable bonds is 3. The standard InChI is InChI=1S/C13H11BrFNO2S/c1-3-10-11(13(17)18-2)16-12(19-10)7-4-5-9(15)8(14)6-7/h4-6H,3H2,1-2H3. The number of hydrogen-bond acceptors (Lipinski definition) is 4. The molecule has 1 aromatic heterocycles. The molecule has 0 amide bonds. The van der Waals surface area contributed by atoms with E-state index >= 15 is 0 Å². The minimum atomic E-state index is -0.444. The van der Waals surface area contributed by atoms with Crippen LogP contribution < -0.4 is 0 Å². The smallest absolute Gasteiger partial charge is 0.357 e. The lowest BCUT2D eigenvalue weighted by atomic mass is 10.2. The predicted octanol–water partition coefficient (Wildman–Crippen LogP) is 4.06. The van der Waals surface area contributed by atoms with Crippen LogP contribution in [0.4, 0.5) is 4.39 Å². The van der Waals surface area contributed by atoms with Gasteiger partial charge in [0.25, 0.3) is 0 Å². The molecule has 0 radical (unpaired) electrons. The Labute approximate surface area is 122 Å². The predicted molar refractivity (Wildman–Crippen MR) is 75.9 cm³/mol. The van der Waals surface area contributed by atoms with Crippen molar-refractivity contribution in [3.8, 4) is 10.6 Å². The third kappa shape index (κ3) is 2.84. The van der Waals surface area contributed by atoms with Gasteiger partial charge in [-0.2, -0.15) is 0 Å². The highest BCUT2D eigenvalue weighted by atomic mass is 79.9. The van der Waals surface area contributed by atoms with Crippen molar-refractivity contribution < 1.29 is 13.9 Å². The number of benzene rings is 1. The van der Waals surface area contributed by atoms with E-state index in [2.05, 4.69) is 20.9 Å². The SMILES string of the molecule is CCc1sc(-c2ccc(F)c(Br)c2)nc1C(=O)OC. The summed E-state index contributed by atoms with van der Waals surface area (Å²) in [4.78, 5) is 16.8. The van der Waals surface area contributed by atoms with Gasteiger partial charge in [0, 0.05) is 10.4 Å². The van der Waals surface area contributed by atoms with E-state index in [1.807, 2.05) is 6.92 Å². The molecule has 2 aromatic rings. The Balaban J connectivity index is 2.48. The Hall–Kier alpha value is -1.27. The zero-order valence-electron chi connectivity index (χ0n) is 10.4. The molecule has 0 bridgehead atoms. The number of aryl methyl sites for hydroxylation is 1. The van der Waals surface area contributed by atoms with Crippen molar-refractivity contribution in [2.45, 2.75) is 13.3 Å². The van der Waals surface area contributed by atoms with Crippen LogP contribution in [0.15, 0.2) is 22.7 Å². The molecule has 0 aliphatic rings. The summed E-state index contributed by atoms with van der Waals surface area (Å²) in [7, 11) is 1.33. The third-order valence-electron chi connectivity index (χ3n) is 2.56. The van der Waals surface area contributed by atoms with E-state index in [0.717, 1.165) is 10.4 Å². The summed E-state index contributed by atoms with van der Waals surface area (Å²) in [6, 6.07) is 4.65. The first-order valence-electron chi connectivity index (χ1n) is 5.60. The summed E-state index contributed by atoms with van der Waals surface area (Å²) in [5, 5.41) is 0.679. The lowest BCUT2D eigenvalue weighted by Crippen LogP contribution is -2.04. The van der Waals surface area contributed by atoms with E-state index in [9.17, 15) is 9.18 Å². The summed E-state index contributed by atoms with van der Waals surface area (Å²) >= 11 is 4.55. The molecular formula is C13H11BrFNO2S. The maximum Gasteiger partial charge on any atom is 0.357 e. The first-order chi connectivity index (χ1) is 9.06. The van der Waals surface area contributed by atoms with Gasteiger partial charge in [0.15, 0.2) is 5.69 Å². The van der Waals surface area contributed by atoms with Crippen molar-refractivity contribution >= 4 is 33.2 Å². The number of carbonyl (C=O) groups excluding carboxylic acids is 1. The van der Waals surface area contributed by atoms with Crippen LogP contribution in [0.5, 0.6) is 0 Å². The third-order valence-corrected chi connectivity index (χ3v) is 4.42. The van der Waals surface area contributed by atoms with Gasteiger partial charge >= 0.3 is 5.97 Å². The average Bonchev–Trinajstić information content (AvgIpc) is 2.85. The highest BCUT2D eigenvalue weighted by molar-refractivity contribution is 9.10. The summed E-state index contributed by atoms with van der Waals surface area (Å²) in [6.07, 6.45) is 0.699. The maximum atomic E-state index is 13.2. The molecule has 1 aromatic carbocycles. The molecule has 0 aliphatic heterocycles. The minimum absolute atomic E-state index is 0.329. The molecule has 100 valence electrons. The molecule has 0 aliphatic carbocycles. The van der Waals surface area contributed by atoms with Gasteiger partial charge in [-0.05, 0) is 40.5 Å². The second kappa shape index (κ2) is 5.79. The van der Waals surface area contributed by atoms with Crippen molar-refractivity contribution in [2.75, 3.05) is 7.11 Å². The molecule has 0 atom stereocenters. The topological polar surface area (TPSA) is 39.2 Å². The summed E-state index contributed by atoms with van der Waals surface area (Å²) in [5.74, 6) is -0.773. The van der Waals surface area contributed by atoms with E-state index in [0.29, 0.717) is 21.6 Å². The molecule has 0 saturated heterocycles. The van der Waals surface area contributed by atoms with Gasteiger partial charge in [-0.3, -0.25) is 0 Å². The van der Waals surface area contributed by atoms with Crippen LogP contribution in [-0.4, -0.2) is 18.1 Å². The van der Waals surface area contributed by atoms with Crippen molar-refractivity contribution in [2.24, 2.45) is 0 Å². The number of thiazole rings is 1. The van der Waals surface area contributed by atoms with E-state index in [4.69, 9.17) is 4.74 Å². The lowest BCUT2D eigenvalue weighted by Gasteiger charge is -1.98. The van der Waals surface area contributed by atoms with Crippen LogP contribution in [0.1, 0.15) is 22.3 Å². The first kappa shape index (κ1) is 14.1. The van der Waals surface area contributed by atoms with Gasteiger partial charge in [0.1, 0.15) is 10.8 Å². The van der Waals surface area contributed by atoms with E-state index < -0.39 is 5.97 Å². The Morgan fingerprint density at radius 1 is 1.53 bits per heavy atom. The molecule has 0 saturated carbocycles. The van der Waals surface area contributed by atoms with Crippen LogP contribution in [0.3, 0.4) is 0 Å². The maximum absolute atomic E-state index is 13.2. The molecular weight excluding hydrogens is 333 g/mol. The van der Waals surface area contributed by atoms with Crippen molar-refractivity contribution in [3.63, 3.8) is 0 Å². The van der Waals surface area contributed by atoms with Gasteiger partial charge < -0.3 is 4.74 Å². The number of hydrogen-bond donors (Lipinski definition) is 0. The van der Waals surface area contributed by atoms with Crippen LogP contribution in [-0.2, 0) is 11.2 Å². The Morgan fingerprint density at radius 3 is 2.84 bits per heavy atom. The fourth-order valence-corrected chi connectivity index (χ4v) is 2.96. The second-order valence-electron chi connectivity index (χ2n) is 3.76. The quantitative estimate of drug-likeness (QED) is 0.789. The highest BCUT2D eigenvalue weighted by Gasteiger charge is 2.18. The van der Waals surface area contributed by atoms with Crippen molar-refractivity contribution in [3.05, 3.63) is 39.1 Å². The van der Waals surface area contributed by atoms with Gasteiger partial charge in [-0.25, -0.2) is 14.2 Å². The number of nitrogens with zero attached hydrogens (tertiary/aromatic N) is 1. The Kier molecular flexibility index (Phi) is 4.31. The zero-order valence-corrected chi connectivity index (χ0v) is 12.8. The molecule has 19 heavy (non-hydrogen) atoms. The van der Waals surface area contributed by atoms with E-state index in [1.165, 1.54) is 24.5 Å². The number of aromatic nitrogens is 1. The molecule has 2 rings (SSSR count). The summed E-state index contributed by atoms with van der Waals surface area (Å²) < 4.78 is 18.3. The number of carbonyl (C=O) groups is 1. The van der Waals surface area contributed by atoms with Gasteiger partial charge in [0.2, 0.25) is 0 Å². The Morgan fingerprint density at radius 2 is 2.26 bits per heavy atom. The van der Waals surface area contributed by atoms with Gasteiger partial charge in [-0.15, -0.1) is 11.3 Å². The molecule has 0 unspecified atom stereocenters. The van der Waals surface area contributed by atoms with Gasteiger partial charge in [0.05, 0.1) is 11.6 Å². The van der Waals surface area contributed by atoms with Gasteiger partial charge in [-0.1, -0.05) is 6.92 Å².